The van der Waals surface area contributed by atoms with Crippen molar-refractivity contribution in [3.05, 3.63) is 83.9 Å². The van der Waals surface area contributed by atoms with Crippen molar-refractivity contribution < 1.29 is 17.9 Å². The summed E-state index contributed by atoms with van der Waals surface area (Å²) in [6.07, 6.45) is -2.21. The summed E-state index contributed by atoms with van der Waals surface area (Å²) in [4.78, 5) is 2.32. The lowest BCUT2D eigenvalue weighted by atomic mass is 10.0. The summed E-state index contributed by atoms with van der Waals surface area (Å²) in [5.41, 5.74) is 2.88. The lowest BCUT2D eigenvalue weighted by molar-refractivity contribution is -0.136. The van der Waals surface area contributed by atoms with E-state index < -0.39 is 11.7 Å². The second-order valence-electron chi connectivity index (χ2n) is 8.66. The molecule has 1 aliphatic heterocycles. The molecule has 2 heterocycles. The van der Waals surface area contributed by atoms with E-state index >= 15 is 0 Å². The smallest absolute Gasteiger partial charge is 0.381 e. The Morgan fingerprint density at radius 3 is 2.26 bits per heavy atom. The maximum Gasteiger partial charge on any atom is 0.418 e. The van der Waals surface area contributed by atoms with Crippen molar-refractivity contribution in [2.24, 2.45) is 0 Å². The van der Waals surface area contributed by atoms with E-state index in [1.54, 1.807) is 17.9 Å². The molecule has 0 spiro atoms. The second kappa shape index (κ2) is 9.14. The van der Waals surface area contributed by atoms with Gasteiger partial charge < -0.3 is 9.64 Å². The van der Waals surface area contributed by atoms with Crippen molar-refractivity contribution in [3.63, 3.8) is 0 Å². The van der Waals surface area contributed by atoms with Crippen molar-refractivity contribution in [2.45, 2.75) is 31.7 Å². The minimum absolute atomic E-state index is 0.0216. The zero-order valence-electron chi connectivity index (χ0n) is 18.9. The highest BCUT2D eigenvalue weighted by molar-refractivity contribution is 5.95. The fraction of sp³-hybridized carbons (Fsp3) is 0.296. The van der Waals surface area contributed by atoms with Gasteiger partial charge in [-0.15, -0.1) is 0 Å². The zero-order valence-corrected chi connectivity index (χ0v) is 18.9. The van der Waals surface area contributed by atoms with Crippen LogP contribution in [0.1, 0.15) is 24.0 Å². The van der Waals surface area contributed by atoms with Gasteiger partial charge in [-0.2, -0.15) is 18.3 Å². The molecule has 1 saturated heterocycles. The van der Waals surface area contributed by atoms with Gasteiger partial charge in [0.05, 0.1) is 23.9 Å². The van der Waals surface area contributed by atoms with Gasteiger partial charge in [0.2, 0.25) is 0 Å². The van der Waals surface area contributed by atoms with Crippen LogP contribution in [0.4, 0.5) is 18.9 Å². The molecule has 34 heavy (non-hydrogen) atoms. The fourth-order valence-corrected chi connectivity index (χ4v) is 4.74. The molecule has 5 rings (SSSR count). The van der Waals surface area contributed by atoms with Gasteiger partial charge in [-0.3, -0.25) is 4.68 Å². The van der Waals surface area contributed by atoms with Crippen molar-refractivity contribution in [1.82, 2.24) is 9.78 Å². The first-order valence-electron chi connectivity index (χ1n) is 11.4. The number of nitrogens with zero attached hydrogens (tertiary/aromatic N) is 3. The van der Waals surface area contributed by atoms with E-state index in [0.29, 0.717) is 23.7 Å². The van der Waals surface area contributed by atoms with Gasteiger partial charge in [-0.25, -0.2) is 0 Å². The van der Waals surface area contributed by atoms with Gasteiger partial charge in [0.1, 0.15) is 5.52 Å². The van der Waals surface area contributed by atoms with Crippen molar-refractivity contribution in [3.8, 4) is 11.3 Å². The summed E-state index contributed by atoms with van der Waals surface area (Å²) < 4.78 is 48.4. The average Bonchev–Trinajstić information content (AvgIpc) is 3.22. The molecule has 1 aromatic heterocycles. The lowest BCUT2D eigenvalue weighted by Gasteiger charge is -2.33. The molecule has 0 N–H and O–H groups in total. The summed E-state index contributed by atoms with van der Waals surface area (Å²) in [7, 11) is 1.75. The molecule has 0 saturated carbocycles. The molecule has 7 heteroatoms. The Kier molecular flexibility index (Phi) is 6.04. The van der Waals surface area contributed by atoms with Gasteiger partial charge in [-0.1, -0.05) is 54.6 Å². The highest BCUT2D eigenvalue weighted by Gasteiger charge is 2.34. The van der Waals surface area contributed by atoms with Crippen molar-refractivity contribution in [1.29, 1.82) is 0 Å². The number of benzene rings is 3. The third kappa shape index (κ3) is 4.40. The molecule has 0 radical (unpaired) electrons. The standard InChI is InChI=1S/C27H26F3N3O/c1-34-22-14-16-32(17-15-22)21-12-10-20(11-13-21)26-23-8-5-9-24(27(28,29)30)25(23)31-33(26)18-19-6-3-2-4-7-19/h2-13,22H,14-18H2,1H3. The molecule has 0 amide bonds. The fourth-order valence-electron chi connectivity index (χ4n) is 4.74. The number of hydrogen-bond acceptors (Lipinski definition) is 3. The molecular formula is C27H26F3N3O. The Hall–Kier alpha value is -3.32. The number of methoxy groups -OCH3 is 1. The predicted molar refractivity (Wildman–Crippen MR) is 128 cm³/mol. The molecule has 1 aliphatic rings. The first-order valence-corrected chi connectivity index (χ1v) is 11.4. The van der Waals surface area contributed by atoms with Gasteiger partial charge in [0, 0.05) is 36.8 Å². The number of anilines is 1. The van der Waals surface area contributed by atoms with Crippen LogP contribution in [-0.4, -0.2) is 36.1 Å². The third-order valence-electron chi connectivity index (χ3n) is 6.53. The van der Waals surface area contributed by atoms with E-state index in [0.717, 1.165) is 48.8 Å². The van der Waals surface area contributed by atoms with Crippen LogP contribution in [0, 0.1) is 0 Å². The molecule has 0 atom stereocenters. The second-order valence-corrected chi connectivity index (χ2v) is 8.66. The quantitative estimate of drug-likeness (QED) is 0.342. The molecule has 0 bridgehead atoms. The third-order valence-corrected chi connectivity index (χ3v) is 6.53. The Bertz CT molecular complexity index is 1260. The van der Waals surface area contributed by atoms with Crippen LogP contribution in [0.3, 0.4) is 0 Å². The van der Waals surface area contributed by atoms with Crippen molar-refractivity contribution in [2.75, 3.05) is 25.1 Å². The highest BCUT2D eigenvalue weighted by atomic mass is 19.4. The number of piperidine rings is 1. The van der Waals surface area contributed by atoms with E-state index in [-0.39, 0.29) is 5.52 Å². The van der Waals surface area contributed by atoms with Crippen LogP contribution >= 0.6 is 0 Å². The van der Waals surface area contributed by atoms with Crippen LogP contribution in [0.25, 0.3) is 22.2 Å². The van der Waals surface area contributed by atoms with Crippen LogP contribution in [0.15, 0.2) is 72.8 Å². The van der Waals surface area contributed by atoms with Crippen LogP contribution in [0.2, 0.25) is 0 Å². The molecular weight excluding hydrogens is 439 g/mol. The Labute approximate surface area is 196 Å². The van der Waals surface area contributed by atoms with E-state index in [1.165, 1.54) is 6.07 Å². The van der Waals surface area contributed by atoms with E-state index in [9.17, 15) is 13.2 Å². The highest BCUT2D eigenvalue weighted by Crippen LogP contribution is 2.38. The maximum absolute atomic E-state index is 13.7. The molecule has 4 nitrogen and oxygen atoms in total. The predicted octanol–water partition coefficient (Wildman–Crippen LogP) is 6.39. The normalized spacial score (nSPS) is 15.2. The monoisotopic (exact) mass is 465 g/mol. The van der Waals surface area contributed by atoms with E-state index in [2.05, 4.69) is 10.00 Å². The van der Waals surface area contributed by atoms with E-state index in [4.69, 9.17) is 4.74 Å². The first-order chi connectivity index (χ1) is 16.4. The SMILES string of the molecule is COC1CCN(c2ccc(-c3c4cccc(C(F)(F)F)c4nn3Cc3ccccc3)cc2)CC1. The van der Waals surface area contributed by atoms with Gasteiger partial charge in [0.25, 0.3) is 0 Å². The van der Waals surface area contributed by atoms with Gasteiger partial charge in [-0.05, 0) is 36.6 Å². The zero-order chi connectivity index (χ0) is 23.7. The maximum atomic E-state index is 13.7. The molecule has 3 aromatic carbocycles. The minimum Gasteiger partial charge on any atom is -0.381 e. The molecule has 0 unspecified atom stereocenters. The minimum atomic E-state index is -4.47. The number of fused-ring (bicyclic) bond motifs is 1. The summed E-state index contributed by atoms with van der Waals surface area (Å²) >= 11 is 0. The van der Waals surface area contributed by atoms with Crippen LogP contribution in [0.5, 0.6) is 0 Å². The molecule has 1 fully saturated rings. The summed E-state index contributed by atoms with van der Waals surface area (Å²) in [6.45, 7) is 2.22. The number of rotatable bonds is 5. The molecule has 4 aromatic rings. The number of hydrogen-bond donors (Lipinski definition) is 0. The van der Waals surface area contributed by atoms with Crippen molar-refractivity contribution >= 4 is 16.6 Å². The molecule has 0 aliphatic carbocycles. The number of ether oxygens (including phenoxy) is 1. The first kappa shape index (κ1) is 22.5. The average molecular weight is 466 g/mol. The van der Waals surface area contributed by atoms with Gasteiger partial charge in [0.15, 0.2) is 0 Å². The van der Waals surface area contributed by atoms with Crippen LogP contribution < -0.4 is 4.90 Å². The Morgan fingerprint density at radius 1 is 0.912 bits per heavy atom. The van der Waals surface area contributed by atoms with E-state index in [1.807, 2.05) is 54.6 Å². The Morgan fingerprint density at radius 2 is 1.62 bits per heavy atom. The topological polar surface area (TPSA) is 30.3 Å². The van der Waals surface area contributed by atoms with Crippen LogP contribution in [-0.2, 0) is 17.5 Å². The lowest BCUT2D eigenvalue weighted by Crippen LogP contribution is -2.36. The Balaban J connectivity index is 1.55. The summed E-state index contributed by atoms with van der Waals surface area (Å²) in [5, 5.41) is 4.95. The number of alkyl halides is 3. The number of aromatic nitrogens is 2. The summed E-state index contributed by atoms with van der Waals surface area (Å²) in [6, 6.07) is 22.0. The van der Waals surface area contributed by atoms with Gasteiger partial charge >= 0.3 is 6.18 Å². The largest absolute Gasteiger partial charge is 0.418 e. The summed E-state index contributed by atoms with van der Waals surface area (Å²) in [5.74, 6) is 0. The molecule has 176 valence electrons. The number of halogens is 3.